The van der Waals surface area contributed by atoms with Crippen LogP contribution in [-0.2, 0) is 17.8 Å². The minimum atomic E-state index is 0.314. The molecule has 3 aliphatic heterocycles. The van der Waals surface area contributed by atoms with Crippen molar-refractivity contribution in [2.75, 3.05) is 27.3 Å². The van der Waals surface area contributed by atoms with E-state index in [1.807, 2.05) is 7.11 Å². The topological polar surface area (TPSA) is 24.9 Å². The quantitative estimate of drug-likeness (QED) is 0.780. The van der Waals surface area contributed by atoms with Gasteiger partial charge in [0.25, 0.3) is 0 Å². The molecular formula is C23H30N2O2. The Morgan fingerprint density at radius 3 is 2.22 bits per heavy atom. The maximum Gasteiger partial charge on any atom is 0.118 e. The smallest absolute Gasteiger partial charge is 0.118 e. The van der Waals surface area contributed by atoms with Gasteiger partial charge in [-0.3, -0.25) is 9.80 Å². The van der Waals surface area contributed by atoms with Gasteiger partial charge in [-0.2, -0.15) is 0 Å². The highest BCUT2D eigenvalue weighted by molar-refractivity contribution is 5.27. The molecule has 3 aliphatic rings. The lowest BCUT2D eigenvalue weighted by Gasteiger charge is -2.45. The molecule has 0 amide bonds. The van der Waals surface area contributed by atoms with Gasteiger partial charge >= 0.3 is 0 Å². The van der Waals surface area contributed by atoms with Gasteiger partial charge in [-0.1, -0.05) is 42.5 Å². The summed E-state index contributed by atoms with van der Waals surface area (Å²) in [5, 5.41) is 0. The summed E-state index contributed by atoms with van der Waals surface area (Å²) in [6.07, 6.45) is 2.67. The molecule has 144 valence electrons. The summed E-state index contributed by atoms with van der Waals surface area (Å²) in [6.45, 7) is 4.20. The van der Waals surface area contributed by atoms with Gasteiger partial charge in [0.05, 0.1) is 13.2 Å². The normalized spacial score (nSPS) is 26.1. The molecule has 0 radical (unpaired) electrons. The zero-order chi connectivity index (χ0) is 18.6. The molecule has 0 aliphatic carbocycles. The fourth-order valence-corrected chi connectivity index (χ4v) is 4.64. The molecular weight excluding hydrogens is 336 g/mol. The van der Waals surface area contributed by atoms with Crippen LogP contribution in [0.15, 0.2) is 54.6 Å². The maximum absolute atomic E-state index is 5.92. The molecule has 0 aromatic heterocycles. The second-order valence-corrected chi connectivity index (χ2v) is 7.77. The molecule has 0 N–H and O–H groups in total. The molecule has 2 aromatic carbocycles. The number of methoxy groups -OCH3 is 2. The van der Waals surface area contributed by atoms with Crippen LogP contribution in [-0.4, -0.2) is 55.3 Å². The molecule has 4 heteroatoms. The van der Waals surface area contributed by atoms with Gasteiger partial charge in [0.15, 0.2) is 0 Å². The monoisotopic (exact) mass is 366 g/mol. The average molecular weight is 367 g/mol. The predicted molar refractivity (Wildman–Crippen MR) is 108 cm³/mol. The molecule has 3 heterocycles. The molecule has 3 fully saturated rings. The van der Waals surface area contributed by atoms with E-state index in [4.69, 9.17) is 9.47 Å². The number of piperazine rings is 1. The molecule has 3 atom stereocenters. The third-order valence-corrected chi connectivity index (χ3v) is 6.14. The van der Waals surface area contributed by atoms with Gasteiger partial charge < -0.3 is 9.47 Å². The second kappa shape index (κ2) is 8.42. The molecule has 5 rings (SSSR count). The van der Waals surface area contributed by atoms with Gasteiger partial charge in [-0.05, 0) is 36.1 Å². The van der Waals surface area contributed by atoms with Crippen molar-refractivity contribution >= 4 is 0 Å². The first-order valence-corrected chi connectivity index (χ1v) is 9.94. The van der Waals surface area contributed by atoms with E-state index >= 15 is 0 Å². The lowest BCUT2D eigenvalue weighted by atomic mass is 10.0. The first kappa shape index (κ1) is 18.5. The lowest BCUT2D eigenvalue weighted by Crippen LogP contribution is -2.58. The highest BCUT2D eigenvalue weighted by Crippen LogP contribution is 2.31. The Balaban J connectivity index is 1.49. The summed E-state index contributed by atoms with van der Waals surface area (Å²) in [7, 11) is 3.59. The predicted octanol–water partition coefficient (Wildman–Crippen LogP) is 3.56. The summed E-state index contributed by atoms with van der Waals surface area (Å²) in [4.78, 5) is 5.30. The average Bonchev–Trinajstić information content (AvgIpc) is 2.99. The van der Waals surface area contributed by atoms with Gasteiger partial charge in [0.2, 0.25) is 0 Å². The van der Waals surface area contributed by atoms with E-state index in [0.717, 1.165) is 38.3 Å². The zero-order valence-corrected chi connectivity index (χ0v) is 16.4. The van der Waals surface area contributed by atoms with Crippen LogP contribution in [0.4, 0.5) is 0 Å². The molecule has 0 spiro atoms. The number of fused-ring (bicyclic) bond motifs is 4. The first-order chi connectivity index (χ1) is 13.3. The summed E-state index contributed by atoms with van der Waals surface area (Å²) in [6, 6.07) is 20.4. The minimum absolute atomic E-state index is 0.314. The number of nitrogens with zero attached hydrogens (tertiary/aromatic N) is 2. The number of hydrogen-bond acceptors (Lipinski definition) is 4. The first-order valence-electron chi connectivity index (χ1n) is 9.94. The van der Waals surface area contributed by atoms with Gasteiger partial charge in [0.1, 0.15) is 5.75 Å². The van der Waals surface area contributed by atoms with Crippen LogP contribution in [0.1, 0.15) is 24.0 Å². The second-order valence-electron chi connectivity index (χ2n) is 7.77. The Bertz CT molecular complexity index is 719. The molecule has 3 saturated heterocycles. The van der Waals surface area contributed by atoms with Crippen molar-refractivity contribution in [2.45, 2.75) is 44.1 Å². The number of ether oxygens (including phenoxy) is 2. The largest absolute Gasteiger partial charge is 0.497 e. The van der Waals surface area contributed by atoms with Gasteiger partial charge in [-0.15, -0.1) is 0 Å². The van der Waals surface area contributed by atoms with Gasteiger partial charge in [-0.25, -0.2) is 0 Å². The molecule has 0 saturated carbocycles. The Kier molecular flexibility index (Phi) is 5.77. The Hall–Kier alpha value is -1.88. The van der Waals surface area contributed by atoms with E-state index in [1.54, 1.807) is 7.11 Å². The highest BCUT2D eigenvalue weighted by Gasteiger charge is 2.41. The number of rotatable bonds is 6. The van der Waals surface area contributed by atoms with Crippen molar-refractivity contribution in [1.82, 2.24) is 9.80 Å². The number of benzene rings is 2. The Labute approximate surface area is 162 Å². The molecule has 0 unspecified atom stereocenters. The maximum atomic E-state index is 5.92. The van der Waals surface area contributed by atoms with Gasteiger partial charge in [0, 0.05) is 45.4 Å². The van der Waals surface area contributed by atoms with E-state index < -0.39 is 0 Å². The van der Waals surface area contributed by atoms with E-state index in [-0.39, 0.29) is 0 Å². The highest BCUT2D eigenvalue weighted by atomic mass is 16.5. The summed E-state index contributed by atoms with van der Waals surface area (Å²) in [5.74, 6) is 0.917. The van der Waals surface area contributed by atoms with Crippen molar-refractivity contribution in [2.24, 2.45) is 0 Å². The molecule has 4 nitrogen and oxygen atoms in total. The van der Waals surface area contributed by atoms with Crippen LogP contribution in [0, 0.1) is 0 Å². The summed E-state index contributed by atoms with van der Waals surface area (Å²) < 4.78 is 11.2. The van der Waals surface area contributed by atoms with Crippen LogP contribution in [0.3, 0.4) is 0 Å². The third-order valence-electron chi connectivity index (χ3n) is 6.14. The standard InChI is InChI=1S/C23H30N2O2/c1-26-21-11-8-19(9-12-21)15-25-16-20-10-13-23(27-2)22(25)17-24(20)14-18-6-4-3-5-7-18/h3-9,11-12,20,22-23H,10,13-17H2,1-2H3/t20-,22+,23-/m1/s1. The van der Waals surface area contributed by atoms with E-state index in [9.17, 15) is 0 Å². The van der Waals surface area contributed by atoms with E-state index in [2.05, 4.69) is 64.4 Å². The fraction of sp³-hybridized carbons (Fsp3) is 0.478. The van der Waals surface area contributed by atoms with Crippen LogP contribution in [0.5, 0.6) is 5.75 Å². The SMILES string of the molecule is COc1ccc(CN2C[C@H]3CC[C@@H](OC)[C@@H]2CN3Cc2ccccc2)cc1. The fourth-order valence-electron chi connectivity index (χ4n) is 4.64. The van der Waals surface area contributed by atoms with Crippen molar-refractivity contribution in [3.63, 3.8) is 0 Å². The molecule has 27 heavy (non-hydrogen) atoms. The van der Waals surface area contributed by atoms with E-state index in [0.29, 0.717) is 18.2 Å². The van der Waals surface area contributed by atoms with Crippen LogP contribution < -0.4 is 4.74 Å². The minimum Gasteiger partial charge on any atom is -0.497 e. The summed E-state index contributed by atoms with van der Waals surface area (Å²) in [5.41, 5.74) is 2.74. The van der Waals surface area contributed by atoms with Crippen LogP contribution in [0.2, 0.25) is 0 Å². The van der Waals surface area contributed by atoms with Crippen LogP contribution >= 0.6 is 0 Å². The Morgan fingerprint density at radius 2 is 1.52 bits per heavy atom. The third kappa shape index (κ3) is 4.18. The van der Waals surface area contributed by atoms with Crippen molar-refractivity contribution in [3.05, 3.63) is 65.7 Å². The number of hydrogen-bond donors (Lipinski definition) is 0. The van der Waals surface area contributed by atoms with Crippen LogP contribution in [0.25, 0.3) is 0 Å². The van der Waals surface area contributed by atoms with Crippen molar-refractivity contribution < 1.29 is 9.47 Å². The Morgan fingerprint density at radius 1 is 0.815 bits per heavy atom. The summed E-state index contributed by atoms with van der Waals surface area (Å²) >= 11 is 0. The molecule has 2 bridgehead atoms. The lowest BCUT2D eigenvalue weighted by molar-refractivity contribution is -0.0276. The molecule has 2 aromatic rings. The zero-order valence-electron chi connectivity index (χ0n) is 16.4. The van der Waals surface area contributed by atoms with Crippen molar-refractivity contribution in [3.8, 4) is 5.75 Å². The van der Waals surface area contributed by atoms with Crippen molar-refractivity contribution in [1.29, 1.82) is 0 Å². The van der Waals surface area contributed by atoms with E-state index in [1.165, 1.54) is 17.5 Å².